The number of hydrogen-bond acceptors (Lipinski definition) is 2. The lowest BCUT2D eigenvalue weighted by Crippen LogP contribution is -1.93. The summed E-state index contributed by atoms with van der Waals surface area (Å²) in [5.74, 6) is -0.602. The van der Waals surface area contributed by atoms with E-state index in [0.29, 0.717) is 17.8 Å². The molecule has 0 amide bonds. The first-order chi connectivity index (χ1) is 9.22. The summed E-state index contributed by atoms with van der Waals surface area (Å²) >= 11 is 0. The lowest BCUT2D eigenvalue weighted by molar-refractivity contribution is 0.590. The molecule has 1 aromatic carbocycles. The van der Waals surface area contributed by atoms with Crippen LogP contribution < -0.4 is 0 Å². The largest absolute Gasteiger partial charge is 0.342 e. The zero-order valence-corrected chi connectivity index (χ0v) is 10.0. The van der Waals surface area contributed by atoms with E-state index in [1.54, 1.807) is 12.4 Å². The van der Waals surface area contributed by atoms with Crippen LogP contribution in [0.25, 0.3) is 11.0 Å². The van der Waals surface area contributed by atoms with Gasteiger partial charge in [-0.25, -0.2) is 13.8 Å². The molecule has 19 heavy (non-hydrogen) atoms. The van der Waals surface area contributed by atoms with Gasteiger partial charge in [-0.2, -0.15) is 0 Å². The van der Waals surface area contributed by atoms with Crippen molar-refractivity contribution in [2.24, 2.45) is 0 Å². The third-order valence-electron chi connectivity index (χ3n) is 2.93. The number of nitrogens with zero attached hydrogens (tertiary/aromatic N) is 2. The molecule has 96 valence electrons. The normalized spacial score (nSPS) is 11.1. The average Bonchev–Trinajstić information content (AvgIpc) is 2.81. The molecular weight excluding hydrogens is 248 g/mol. The van der Waals surface area contributed by atoms with Gasteiger partial charge in [0.2, 0.25) is 0 Å². The Labute approximate surface area is 108 Å². The van der Waals surface area contributed by atoms with Crippen molar-refractivity contribution >= 4 is 11.0 Å². The molecule has 0 fully saturated rings. The van der Waals surface area contributed by atoms with Crippen LogP contribution in [0.4, 0.5) is 8.78 Å². The van der Waals surface area contributed by atoms with Gasteiger partial charge >= 0.3 is 0 Å². The highest BCUT2D eigenvalue weighted by atomic mass is 19.1. The summed E-state index contributed by atoms with van der Waals surface area (Å²) in [5.41, 5.74) is 1.65. The van der Waals surface area contributed by atoms with Gasteiger partial charge in [-0.3, -0.25) is 4.98 Å². The van der Waals surface area contributed by atoms with Gasteiger partial charge in [0.05, 0.1) is 5.52 Å². The number of nitrogens with one attached hydrogen (secondary N) is 1. The molecule has 2 aromatic heterocycles. The molecule has 0 aliphatic carbocycles. The Kier molecular flexibility index (Phi) is 2.95. The molecule has 0 aliphatic rings. The number of fused-ring (bicyclic) bond motifs is 1. The fourth-order valence-corrected chi connectivity index (χ4v) is 2.02. The van der Waals surface area contributed by atoms with Crippen LogP contribution in [0.1, 0.15) is 11.4 Å². The van der Waals surface area contributed by atoms with Crippen molar-refractivity contribution in [3.8, 4) is 0 Å². The van der Waals surface area contributed by atoms with E-state index in [9.17, 15) is 8.78 Å². The molecule has 3 rings (SSSR count). The third-order valence-corrected chi connectivity index (χ3v) is 2.93. The van der Waals surface area contributed by atoms with E-state index in [-0.39, 0.29) is 5.52 Å². The predicted octanol–water partition coefficient (Wildman–Crippen LogP) is 3.02. The Balaban J connectivity index is 1.84. The van der Waals surface area contributed by atoms with E-state index in [1.807, 2.05) is 12.1 Å². The van der Waals surface area contributed by atoms with Crippen molar-refractivity contribution in [2.75, 3.05) is 0 Å². The standard InChI is InChI=1S/C14H11F2N3/c15-10-6-11(16)14-12(7-10)18-13(19-14)4-3-9-2-1-5-17-8-9/h1-2,5-8H,3-4H2,(H,18,19). The first-order valence-corrected chi connectivity index (χ1v) is 5.95. The van der Waals surface area contributed by atoms with E-state index in [1.165, 1.54) is 6.07 Å². The van der Waals surface area contributed by atoms with Crippen molar-refractivity contribution < 1.29 is 8.78 Å². The van der Waals surface area contributed by atoms with Crippen LogP contribution in [0.3, 0.4) is 0 Å². The summed E-state index contributed by atoms with van der Waals surface area (Å²) in [6.45, 7) is 0. The van der Waals surface area contributed by atoms with Crippen molar-refractivity contribution in [3.63, 3.8) is 0 Å². The smallest absolute Gasteiger partial charge is 0.153 e. The number of hydrogen-bond donors (Lipinski definition) is 1. The average molecular weight is 259 g/mol. The molecule has 0 bridgehead atoms. The van der Waals surface area contributed by atoms with Gasteiger partial charge in [-0.1, -0.05) is 6.07 Å². The van der Waals surface area contributed by atoms with Gasteiger partial charge in [0.25, 0.3) is 0 Å². The monoisotopic (exact) mass is 259 g/mol. The molecule has 0 radical (unpaired) electrons. The second-order valence-electron chi connectivity index (χ2n) is 4.33. The van der Waals surface area contributed by atoms with Crippen molar-refractivity contribution in [3.05, 3.63) is 59.7 Å². The SMILES string of the molecule is Fc1cc(F)c2nc(CCc3cccnc3)[nH]c2c1. The van der Waals surface area contributed by atoms with Crippen LogP contribution in [0, 0.1) is 11.6 Å². The predicted molar refractivity (Wildman–Crippen MR) is 67.7 cm³/mol. The van der Waals surface area contributed by atoms with Crippen molar-refractivity contribution in [1.82, 2.24) is 15.0 Å². The second kappa shape index (κ2) is 4.76. The maximum Gasteiger partial charge on any atom is 0.153 e. The summed E-state index contributed by atoms with van der Waals surface area (Å²) in [5, 5.41) is 0. The number of pyridine rings is 1. The summed E-state index contributed by atoms with van der Waals surface area (Å²) in [4.78, 5) is 11.1. The molecule has 0 saturated heterocycles. The highest BCUT2D eigenvalue weighted by Crippen LogP contribution is 2.18. The van der Waals surface area contributed by atoms with Crippen LogP contribution in [0.5, 0.6) is 0 Å². The number of imidazole rings is 1. The Morgan fingerprint density at radius 2 is 2.05 bits per heavy atom. The lowest BCUT2D eigenvalue weighted by atomic mass is 10.1. The second-order valence-corrected chi connectivity index (χ2v) is 4.33. The fraction of sp³-hybridized carbons (Fsp3) is 0.143. The summed E-state index contributed by atoms with van der Waals surface area (Å²) in [6.07, 6.45) is 4.87. The number of benzene rings is 1. The Bertz CT molecular complexity index is 707. The Morgan fingerprint density at radius 3 is 2.84 bits per heavy atom. The minimum atomic E-state index is -0.640. The number of aromatic nitrogens is 3. The molecule has 0 aliphatic heterocycles. The zero-order chi connectivity index (χ0) is 13.2. The van der Waals surface area contributed by atoms with Crippen LogP contribution in [-0.4, -0.2) is 15.0 Å². The zero-order valence-electron chi connectivity index (χ0n) is 10.0. The maximum absolute atomic E-state index is 13.5. The fourth-order valence-electron chi connectivity index (χ4n) is 2.02. The number of aromatic amines is 1. The van der Waals surface area contributed by atoms with Crippen molar-refractivity contribution in [2.45, 2.75) is 12.8 Å². The molecule has 5 heteroatoms. The maximum atomic E-state index is 13.5. The lowest BCUT2D eigenvalue weighted by Gasteiger charge is -1.97. The van der Waals surface area contributed by atoms with E-state index in [0.717, 1.165) is 18.1 Å². The van der Waals surface area contributed by atoms with Crippen LogP contribution in [-0.2, 0) is 12.8 Å². The van der Waals surface area contributed by atoms with E-state index >= 15 is 0 Å². The van der Waals surface area contributed by atoms with Crippen molar-refractivity contribution in [1.29, 1.82) is 0 Å². The summed E-state index contributed by atoms with van der Waals surface area (Å²) in [7, 11) is 0. The molecule has 3 aromatic rings. The van der Waals surface area contributed by atoms with Gasteiger partial charge in [-0.05, 0) is 24.1 Å². The first-order valence-electron chi connectivity index (χ1n) is 5.95. The quantitative estimate of drug-likeness (QED) is 0.785. The number of halogens is 2. The first kappa shape index (κ1) is 11.8. The molecular formula is C14H11F2N3. The minimum absolute atomic E-state index is 0.183. The molecule has 1 N–H and O–H groups in total. The number of H-pyrrole nitrogens is 1. The van der Waals surface area contributed by atoms with E-state index in [2.05, 4.69) is 15.0 Å². The van der Waals surface area contributed by atoms with Gasteiger partial charge < -0.3 is 4.98 Å². The molecule has 3 nitrogen and oxygen atoms in total. The topological polar surface area (TPSA) is 41.6 Å². The summed E-state index contributed by atoms with van der Waals surface area (Å²) in [6, 6.07) is 5.92. The highest BCUT2D eigenvalue weighted by Gasteiger charge is 2.09. The minimum Gasteiger partial charge on any atom is -0.342 e. The van der Waals surface area contributed by atoms with Gasteiger partial charge in [-0.15, -0.1) is 0 Å². The molecule has 0 spiro atoms. The Hall–Kier alpha value is -2.30. The van der Waals surface area contributed by atoms with Crippen LogP contribution in [0.15, 0.2) is 36.7 Å². The van der Waals surface area contributed by atoms with Crippen LogP contribution >= 0.6 is 0 Å². The van der Waals surface area contributed by atoms with E-state index < -0.39 is 11.6 Å². The van der Waals surface area contributed by atoms with Gasteiger partial charge in [0.15, 0.2) is 5.82 Å². The van der Waals surface area contributed by atoms with Crippen LogP contribution in [0.2, 0.25) is 0 Å². The summed E-state index contributed by atoms with van der Waals surface area (Å²) < 4.78 is 26.6. The number of aryl methyl sites for hydroxylation is 2. The molecule has 0 unspecified atom stereocenters. The van der Waals surface area contributed by atoms with E-state index in [4.69, 9.17) is 0 Å². The third kappa shape index (κ3) is 2.45. The molecule has 0 saturated carbocycles. The highest BCUT2D eigenvalue weighted by molar-refractivity contribution is 5.75. The Morgan fingerprint density at radius 1 is 1.16 bits per heavy atom. The van der Waals surface area contributed by atoms with Gasteiger partial charge in [0.1, 0.15) is 17.2 Å². The number of rotatable bonds is 3. The molecule has 2 heterocycles. The van der Waals surface area contributed by atoms with Gasteiger partial charge in [0, 0.05) is 24.9 Å². The molecule has 0 atom stereocenters.